The maximum Gasteiger partial charge on any atom is 0.243 e. The van der Waals surface area contributed by atoms with E-state index in [9.17, 15) is 8.42 Å². The van der Waals surface area contributed by atoms with Gasteiger partial charge in [-0.25, -0.2) is 13.4 Å². The van der Waals surface area contributed by atoms with Crippen molar-refractivity contribution in [1.82, 2.24) is 14.2 Å². The Kier molecular flexibility index (Phi) is 6.57. The first-order valence-corrected chi connectivity index (χ1v) is 12.3. The molecule has 2 heterocycles. The fraction of sp³-hybridized carbons (Fsp3) is 0.318. The van der Waals surface area contributed by atoms with Crippen molar-refractivity contribution in [1.29, 1.82) is 0 Å². The molecule has 2 aromatic carbocycles. The highest BCUT2D eigenvalue weighted by Crippen LogP contribution is 2.31. The van der Waals surface area contributed by atoms with Crippen LogP contribution in [0.2, 0.25) is 0 Å². The Morgan fingerprint density at radius 3 is 2.35 bits per heavy atom. The number of hydrogen-bond acceptors (Lipinski definition) is 7. The van der Waals surface area contributed by atoms with Gasteiger partial charge in [-0.15, -0.1) is 11.3 Å². The lowest BCUT2D eigenvalue weighted by molar-refractivity contribution is 0.181. The van der Waals surface area contributed by atoms with Crippen LogP contribution in [0.25, 0.3) is 11.3 Å². The highest BCUT2D eigenvalue weighted by atomic mass is 32.2. The van der Waals surface area contributed by atoms with E-state index in [-0.39, 0.29) is 4.90 Å². The highest BCUT2D eigenvalue weighted by Gasteiger charge is 2.29. The smallest absolute Gasteiger partial charge is 0.243 e. The molecular weight excluding hydrogens is 434 g/mol. The number of rotatable bonds is 7. The lowest BCUT2D eigenvalue weighted by Gasteiger charge is -2.33. The van der Waals surface area contributed by atoms with E-state index in [4.69, 9.17) is 14.5 Å². The lowest BCUT2D eigenvalue weighted by atomic mass is 10.2. The zero-order chi connectivity index (χ0) is 21.8. The van der Waals surface area contributed by atoms with Gasteiger partial charge in [0.2, 0.25) is 10.0 Å². The van der Waals surface area contributed by atoms with Crippen molar-refractivity contribution in [2.45, 2.75) is 11.4 Å². The highest BCUT2D eigenvalue weighted by molar-refractivity contribution is 7.89. The summed E-state index contributed by atoms with van der Waals surface area (Å²) in [4.78, 5) is 7.20. The van der Waals surface area contributed by atoms with Crippen LogP contribution in [-0.4, -0.2) is 63.0 Å². The molecule has 1 aliphatic rings. The van der Waals surface area contributed by atoms with Crippen LogP contribution < -0.4 is 9.47 Å². The second kappa shape index (κ2) is 9.35. The number of aromatic nitrogens is 1. The Bertz CT molecular complexity index is 1120. The SMILES string of the molecule is COc1ccc(S(=O)(=O)N2CCN(Cc3nc(-c4ccccc4)cs3)CC2)cc1OC. The molecule has 0 saturated carbocycles. The van der Waals surface area contributed by atoms with E-state index >= 15 is 0 Å². The maximum atomic E-state index is 13.1. The molecule has 31 heavy (non-hydrogen) atoms. The van der Waals surface area contributed by atoms with Crippen molar-refractivity contribution >= 4 is 21.4 Å². The summed E-state index contributed by atoms with van der Waals surface area (Å²) in [7, 11) is -0.571. The van der Waals surface area contributed by atoms with Gasteiger partial charge in [0, 0.05) is 43.2 Å². The number of benzene rings is 2. The molecule has 0 spiro atoms. The fourth-order valence-electron chi connectivity index (χ4n) is 3.57. The first-order valence-electron chi connectivity index (χ1n) is 9.95. The van der Waals surface area contributed by atoms with E-state index < -0.39 is 10.0 Å². The molecule has 1 aromatic heterocycles. The first-order chi connectivity index (χ1) is 15.0. The monoisotopic (exact) mass is 459 g/mol. The van der Waals surface area contributed by atoms with Gasteiger partial charge in [-0.3, -0.25) is 4.90 Å². The topological polar surface area (TPSA) is 72.0 Å². The van der Waals surface area contributed by atoms with E-state index in [2.05, 4.69) is 22.4 Å². The van der Waals surface area contributed by atoms with Gasteiger partial charge >= 0.3 is 0 Å². The second-order valence-electron chi connectivity index (χ2n) is 7.19. The summed E-state index contributed by atoms with van der Waals surface area (Å²) in [6.07, 6.45) is 0. The number of thiazole rings is 1. The molecule has 7 nitrogen and oxygen atoms in total. The minimum atomic E-state index is -3.59. The van der Waals surface area contributed by atoms with Gasteiger partial charge in [0.1, 0.15) is 5.01 Å². The van der Waals surface area contributed by atoms with Crippen molar-refractivity contribution in [3.63, 3.8) is 0 Å². The summed E-state index contributed by atoms with van der Waals surface area (Å²) in [5.41, 5.74) is 2.09. The summed E-state index contributed by atoms with van der Waals surface area (Å²) >= 11 is 1.64. The molecule has 0 amide bonds. The predicted molar refractivity (Wildman–Crippen MR) is 121 cm³/mol. The van der Waals surface area contributed by atoms with Crippen LogP contribution in [-0.2, 0) is 16.6 Å². The third-order valence-corrected chi connectivity index (χ3v) is 8.03. The van der Waals surface area contributed by atoms with Crippen LogP contribution in [0.4, 0.5) is 0 Å². The summed E-state index contributed by atoms with van der Waals surface area (Å²) in [5.74, 6) is 0.907. The first kappa shape index (κ1) is 21.8. The number of hydrogen-bond donors (Lipinski definition) is 0. The van der Waals surface area contributed by atoms with Crippen molar-refractivity contribution < 1.29 is 17.9 Å². The van der Waals surface area contributed by atoms with E-state index in [1.54, 1.807) is 23.5 Å². The van der Waals surface area contributed by atoms with Gasteiger partial charge in [0.15, 0.2) is 11.5 Å². The molecule has 0 N–H and O–H groups in total. The minimum absolute atomic E-state index is 0.214. The molecule has 0 radical (unpaired) electrons. The third-order valence-electron chi connectivity index (χ3n) is 5.30. The Hall–Kier alpha value is -2.46. The number of ether oxygens (including phenoxy) is 2. The van der Waals surface area contributed by atoms with E-state index in [1.165, 1.54) is 24.6 Å². The van der Waals surface area contributed by atoms with Crippen molar-refractivity contribution in [2.75, 3.05) is 40.4 Å². The molecular formula is C22H25N3O4S2. The quantitative estimate of drug-likeness (QED) is 0.540. The van der Waals surface area contributed by atoms with Gasteiger partial charge in [0.25, 0.3) is 0 Å². The minimum Gasteiger partial charge on any atom is -0.493 e. The van der Waals surface area contributed by atoms with Gasteiger partial charge in [-0.1, -0.05) is 30.3 Å². The number of nitrogens with zero attached hydrogens (tertiary/aromatic N) is 3. The predicted octanol–water partition coefficient (Wildman–Crippen LogP) is 3.33. The fourth-order valence-corrected chi connectivity index (χ4v) is 5.85. The number of methoxy groups -OCH3 is 2. The molecule has 1 saturated heterocycles. The summed E-state index contributed by atoms with van der Waals surface area (Å²) < 4.78 is 38.2. The standard InChI is InChI=1S/C22H25N3O4S2/c1-28-20-9-8-18(14-21(20)29-2)31(26,27)25-12-10-24(11-13-25)15-22-23-19(16-30-22)17-6-4-3-5-7-17/h3-9,14,16H,10-13,15H2,1-2H3. The number of piperazine rings is 1. The third kappa shape index (κ3) is 4.74. The van der Waals surface area contributed by atoms with Gasteiger partial charge < -0.3 is 9.47 Å². The molecule has 4 rings (SSSR count). The Labute approximate surface area is 186 Å². The van der Waals surface area contributed by atoms with Crippen LogP contribution in [0.1, 0.15) is 5.01 Å². The van der Waals surface area contributed by atoms with Crippen LogP contribution >= 0.6 is 11.3 Å². The summed E-state index contributed by atoms with van der Waals surface area (Å²) in [6, 6.07) is 14.8. The lowest BCUT2D eigenvalue weighted by Crippen LogP contribution is -2.48. The van der Waals surface area contributed by atoms with E-state index in [0.717, 1.165) is 22.8 Å². The van der Waals surface area contributed by atoms with Crippen molar-refractivity contribution in [3.8, 4) is 22.8 Å². The van der Waals surface area contributed by atoms with Crippen LogP contribution in [0.3, 0.4) is 0 Å². The summed E-state index contributed by atoms with van der Waals surface area (Å²) in [6.45, 7) is 2.92. The Morgan fingerprint density at radius 2 is 1.68 bits per heavy atom. The molecule has 0 atom stereocenters. The van der Waals surface area contributed by atoms with Crippen molar-refractivity contribution in [2.24, 2.45) is 0 Å². The Balaban J connectivity index is 1.39. The zero-order valence-electron chi connectivity index (χ0n) is 17.5. The molecule has 164 valence electrons. The largest absolute Gasteiger partial charge is 0.493 e. The second-order valence-corrected chi connectivity index (χ2v) is 10.1. The molecule has 0 aliphatic carbocycles. The molecule has 9 heteroatoms. The average molecular weight is 460 g/mol. The van der Waals surface area contributed by atoms with Crippen LogP contribution in [0.5, 0.6) is 11.5 Å². The normalized spacial score (nSPS) is 15.7. The van der Waals surface area contributed by atoms with Crippen LogP contribution in [0, 0.1) is 0 Å². The average Bonchev–Trinajstić information content (AvgIpc) is 3.28. The van der Waals surface area contributed by atoms with Crippen molar-refractivity contribution in [3.05, 3.63) is 58.9 Å². The van der Waals surface area contributed by atoms with E-state index in [1.807, 2.05) is 18.2 Å². The molecule has 1 fully saturated rings. The van der Waals surface area contributed by atoms with E-state index in [0.29, 0.717) is 37.7 Å². The molecule has 3 aromatic rings. The molecule has 0 bridgehead atoms. The zero-order valence-corrected chi connectivity index (χ0v) is 19.2. The summed E-state index contributed by atoms with van der Waals surface area (Å²) in [5, 5.41) is 3.11. The maximum absolute atomic E-state index is 13.1. The van der Waals surface area contributed by atoms with Gasteiger partial charge in [-0.2, -0.15) is 4.31 Å². The molecule has 0 unspecified atom stereocenters. The number of sulfonamides is 1. The Morgan fingerprint density at radius 1 is 0.968 bits per heavy atom. The van der Waals surface area contributed by atoms with Gasteiger partial charge in [-0.05, 0) is 12.1 Å². The molecule has 1 aliphatic heterocycles. The van der Waals surface area contributed by atoms with Gasteiger partial charge in [0.05, 0.1) is 31.4 Å². The van der Waals surface area contributed by atoms with Crippen LogP contribution in [0.15, 0.2) is 58.8 Å².